The van der Waals surface area contributed by atoms with Crippen molar-refractivity contribution in [3.05, 3.63) is 17.7 Å². The van der Waals surface area contributed by atoms with Gasteiger partial charge in [0.15, 0.2) is 6.07 Å². The zero-order valence-electron chi connectivity index (χ0n) is 10.3. The van der Waals surface area contributed by atoms with Crippen LogP contribution in [0.3, 0.4) is 0 Å². The van der Waals surface area contributed by atoms with Crippen LogP contribution in [0.1, 0.15) is 44.6 Å². The molecule has 0 unspecified atom stereocenters. The second kappa shape index (κ2) is 7.70. The van der Waals surface area contributed by atoms with Crippen LogP contribution in [0.2, 0.25) is 0 Å². The molecule has 92 valence electrons. The average molecular weight is 253 g/mol. The van der Waals surface area contributed by atoms with Gasteiger partial charge >= 0.3 is 5.82 Å². The smallest absolute Gasteiger partial charge is 0.363 e. The van der Waals surface area contributed by atoms with Gasteiger partial charge in [-0.15, -0.1) is 0 Å². The van der Waals surface area contributed by atoms with Gasteiger partial charge in [0.1, 0.15) is 12.3 Å². The first-order chi connectivity index (χ1) is 7.78. The molecule has 0 radical (unpaired) electrons. The van der Waals surface area contributed by atoms with Gasteiger partial charge in [-0.2, -0.15) is 10.5 Å². The fourth-order valence-electron chi connectivity index (χ4n) is 1.72. The first-order valence-corrected chi connectivity index (χ1v) is 5.71. The summed E-state index contributed by atoms with van der Waals surface area (Å²) in [6.45, 7) is 5.70. The third-order valence-electron chi connectivity index (χ3n) is 2.51. The molecule has 0 fully saturated rings. The van der Waals surface area contributed by atoms with E-state index in [1.807, 2.05) is 9.13 Å². The molecule has 17 heavy (non-hydrogen) atoms. The van der Waals surface area contributed by atoms with Crippen molar-refractivity contribution in [2.24, 2.45) is 0 Å². The summed E-state index contributed by atoms with van der Waals surface area (Å²) < 4.78 is 3.69. The van der Waals surface area contributed by atoms with Crippen LogP contribution in [0.4, 0.5) is 0 Å². The molecule has 0 atom stereocenters. The second-order valence-electron chi connectivity index (χ2n) is 3.76. The van der Waals surface area contributed by atoms with E-state index in [4.69, 9.17) is 10.5 Å². The van der Waals surface area contributed by atoms with E-state index in [2.05, 4.69) is 26.0 Å². The maximum atomic E-state index is 9.13. The quantitative estimate of drug-likeness (QED) is 0.614. The fourth-order valence-corrected chi connectivity index (χ4v) is 1.72. The minimum Gasteiger partial charge on any atom is -1.00 e. The Morgan fingerprint density at radius 3 is 2.41 bits per heavy atom. The highest BCUT2D eigenvalue weighted by Crippen LogP contribution is 2.05. The van der Waals surface area contributed by atoms with Crippen molar-refractivity contribution in [3.63, 3.8) is 0 Å². The summed E-state index contributed by atoms with van der Waals surface area (Å²) in [4.78, 5) is 0. The van der Waals surface area contributed by atoms with E-state index in [1.54, 1.807) is 6.20 Å². The molecule has 1 aromatic rings. The lowest BCUT2D eigenvalue weighted by atomic mass is 10.3. The van der Waals surface area contributed by atoms with Gasteiger partial charge in [-0.3, -0.25) is 0 Å². The van der Waals surface area contributed by atoms with Crippen LogP contribution in [0, 0.1) is 22.7 Å². The Bertz CT molecular complexity index is 437. The van der Waals surface area contributed by atoms with Crippen LogP contribution >= 0.6 is 0 Å². The van der Waals surface area contributed by atoms with E-state index in [-0.39, 0.29) is 12.4 Å². The predicted octanol–water partition coefficient (Wildman–Crippen LogP) is -1.27. The molecule has 0 N–H and O–H groups in total. The highest BCUT2D eigenvalue weighted by molar-refractivity contribution is 5.21. The zero-order chi connectivity index (χ0) is 12.0. The summed E-state index contributed by atoms with van der Waals surface area (Å²) in [5.74, 6) is 0.590. The van der Waals surface area contributed by atoms with E-state index in [9.17, 15) is 0 Å². The maximum absolute atomic E-state index is 9.13. The van der Waals surface area contributed by atoms with Crippen LogP contribution in [-0.4, -0.2) is 4.57 Å². The number of aromatic nitrogens is 2. The molecule has 0 saturated heterocycles. The van der Waals surface area contributed by atoms with Gasteiger partial charge in [-0.05, 0) is 12.8 Å². The molecular formula is C12H17ClN4. The Kier molecular flexibility index (Phi) is 7.02. The Morgan fingerprint density at radius 2 is 1.94 bits per heavy atom. The van der Waals surface area contributed by atoms with E-state index in [0.717, 1.165) is 32.4 Å². The van der Waals surface area contributed by atoms with E-state index in [1.165, 1.54) is 0 Å². The summed E-state index contributed by atoms with van der Waals surface area (Å²) in [7, 11) is 0. The molecule has 1 rings (SSSR count). The number of aryl methyl sites for hydroxylation is 1. The third kappa shape index (κ3) is 3.47. The molecule has 4 nitrogen and oxygen atoms in total. The van der Waals surface area contributed by atoms with Gasteiger partial charge in [-0.25, -0.2) is 9.13 Å². The van der Waals surface area contributed by atoms with Crippen LogP contribution in [0.15, 0.2) is 6.20 Å². The standard InChI is InChI=1S/C12H17N4.ClH/c1-3-5-7-16-11(8-13)10-15(6-4-2)12(16)9-14;/h10H,3-7H2,1-2H3;1H/q+1;/p-1. The van der Waals surface area contributed by atoms with Crippen LogP contribution in [-0.2, 0) is 13.1 Å². The molecule has 0 aromatic carbocycles. The van der Waals surface area contributed by atoms with Crippen molar-refractivity contribution in [2.75, 3.05) is 0 Å². The largest absolute Gasteiger partial charge is 1.00 e. The normalized spacial score (nSPS) is 9.18. The van der Waals surface area contributed by atoms with Gasteiger partial charge < -0.3 is 12.4 Å². The number of nitrogens with zero attached hydrogens (tertiary/aromatic N) is 4. The summed E-state index contributed by atoms with van der Waals surface area (Å²) >= 11 is 0. The summed E-state index contributed by atoms with van der Waals surface area (Å²) in [5.41, 5.74) is 0.582. The highest BCUT2D eigenvalue weighted by atomic mass is 35.5. The minimum absolute atomic E-state index is 0. The number of unbranched alkanes of at least 4 members (excludes halogenated alkanes) is 1. The second-order valence-corrected chi connectivity index (χ2v) is 3.76. The van der Waals surface area contributed by atoms with Crippen molar-refractivity contribution in [2.45, 2.75) is 46.2 Å². The summed E-state index contributed by atoms with van der Waals surface area (Å²) in [6.07, 6.45) is 4.78. The Morgan fingerprint density at radius 1 is 1.24 bits per heavy atom. The lowest BCUT2D eigenvalue weighted by Crippen LogP contribution is -3.00. The lowest BCUT2D eigenvalue weighted by molar-refractivity contribution is -0.699. The van der Waals surface area contributed by atoms with Crippen LogP contribution in [0.25, 0.3) is 0 Å². The molecule has 1 aromatic heterocycles. The number of nitriles is 2. The first kappa shape index (κ1) is 15.5. The summed E-state index contributed by atoms with van der Waals surface area (Å²) in [6, 6.07) is 4.34. The predicted molar refractivity (Wildman–Crippen MR) is 59.3 cm³/mol. The van der Waals surface area contributed by atoms with Gasteiger partial charge in [0.25, 0.3) is 0 Å². The van der Waals surface area contributed by atoms with Gasteiger partial charge in [-0.1, -0.05) is 20.3 Å². The monoisotopic (exact) mass is 252 g/mol. The Labute approximate surface area is 109 Å². The number of rotatable bonds is 5. The molecule has 5 heteroatoms. The van der Waals surface area contributed by atoms with Crippen molar-refractivity contribution >= 4 is 0 Å². The number of halogens is 1. The molecule has 0 aliphatic carbocycles. The van der Waals surface area contributed by atoms with Crippen molar-refractivity contribution in [3.8, 4) is 12.1 Å². The third-order valence-corrected chi connectivity index (χ3v) is 2.51. The van der Waals surface area contributed by atoms with Gasteiger partial charge in [0.2, 0.25) is 5.69 Å². The maximum Gasteiger partial charge on any atom is 0.363 e. The molecular weight excluding hydrogens is 236 g/mol. The van der Waals surface area contributed by atoms with E-state index in [0.29, 0.717) is 11.5 Å². The average Bonchev–Trinajstić information content (AvgIpc) is 2.64. The molecule has 0 aliphatic heterocycles. The fraction of sp³-hybridized carbons (Fsp3) is 0.583. The molecule has 1 heterocycles. The van der Waals surface area contributed by atoms with Crippen LogP contribution < -0.4 is 17.0 Å². The molecule has 0 aliphatic rings. The molecule has 0 bridgehead atoms. The van der Waals surface area contributed by atoms with Crippen molar-refractivity contribution < 1.29 is 17.0 Å². The van der Waals surface area contributed by atoms with Gasteiger partial charge in [0.05, 0.1) is 13.1 Å². The molecule has 0 spiro atoms. The van der Waals surface area contributed by atoms with E-state index < -0.39 is 0 Å². The Balaban J connectivity index is 0.00000256. The highest BCUT2D eigenvalue weighted by Gasteiger charge is 2.21. The Hall–Kier alpha value is -1.52. The first-order valence-electron chi connectivity index (χ1n) is 5.71. The minimum atomic E-state index is 0. The zero-order valence-corrected chi connectivity index (χ0v) is 11.0. The topological polar surface area (TPSA) is 56.4 Å². The van der Waals surface area contributed by atoms with Crippen molar-refractivity contribution in [1.29, 1.82) is 10.5 Å². The molecule has 0 saturated carbocycles. The number of hydrogen-bond acceptors (Lipinski definition) is 2. The molecule has 0 amide bonds. The summed E-state index contributed by atoms with van der Waals surface area (Å²) in [5, 5.41) is 18.2. The van der Waals surface area contributed by atoms with Crippen molar-refractivity contribution in [1.82, 2.24) is 4.57 Å². The van der Waals surface area contributed by atoms with Crippen LogP contribution in [0.5, 0.6) is 0 Å². The number of imidazole rings is 1. The number of hydrogen-bond donors (Lipinski definition) is 0. The van der Waals surface area contributed by atoms with E-state index >= 15 is 0 Å². The van der Waals surface area contributed by atoms with Gasteiger partial charge in [0, 0.05) is 0 Å². The SMILES string of the molecule is CCCCn1c(C#N)c[n+](CCC)c1C#N.[Cl-]. The lowest BCUT2D eigenvalue weighted by Gasteiger charge is -1.97.